The first-order valence-corrected chi connectivity index (χ1v) is 4.27. The average molecular weight is 174 g/mol. The summed E-state index contributed by atoms with van der Waals surface area (Å²) >= 11 is 0. The van der Waals surface area contributed by atoms with Gasteiger partial charge in [0.15, 0.2) is 0 Å². The Morgan fingerprint density at radius 2 is 2.23 bits per heavy atom. The van der Waals surface area contributed by atoms with Crippen molar-refractivity contribution in [1.29, 1.82) is 0 Å². The first kappa shape index (κ1) is 9.52. The van der Waals surface area contributed by atoms with Crippen LogP contribution < -0.4 is 5.32 Å². The molecule has 13 heavy (non-hydrogen) atoms. The fourth-order valence-corrected chi connectivity index (χ4v) is 1.24. The van der Waals surface area contributed by atoms with E-state index < -0.39 is 0 Å². The van der Waals surface area contributed by atoms with Crippen molar-refractivity contribution in [1.82, 2.24) is 5.32 Å². The molecule has 0 fully saturated rings. The van der Waals surface area contributed by atoms with Gasteiger partial charge in [-0.2, -0.15) is 0 Å². The van der Waals surface area contributed by atoms with Crippen LogP contribution in [0, 0.1) is 0 Å². The summed E-state index contributed by atoms with van der Waals surface area (Å²) in [5.41, 5.74) is 2.25. The molecule has 0 bridgehead atoms. The van der Waals surface area contributed by atoms with Crippen LogP contribution >= 0.6 is 0 Å². The van der Waals surface area contributed by atoms with Gasteiger partial charge in [0.2, 0.25) is 0 Å². The Bertz CT molecular complexity index is 317. The van der Waals surface area contributed by atoms with Crippen molar-refractivity contribution in [3.8, 4) is 0 Å². The summed E-state index contributed by atoms with van der Waals surface area (Å²) in [6, 6.07) is 0. The highest BCUT2D eigenvalue weighted by Gasteiger charge is 2.07. The number of hydrogen-bond acceptors (Lipinski definition) is 2. The van der Waals surface area contributed by atoms with Crippen LogP contribution in [0.15, 0.2) is 52.5 Å². The summed E-state index contributed by atoms with van der Waals surface area (Å²) in [7, 11) is 0. The molecule has 1 heterocycles. The molecule has 0 aliphatic carbocycles. The van der Waals surface area contributed by atoms with Crippen molar-refractivity contribution in [2.45, 2.75) is 13.8 Å². The quantitative estimate of drug-likeness (QED) is 0.639. The predicted molar refractivity (Wildman–Crippen MR) is 57.4 cm³/mol. The molecule has 0 aromatic carbocycles. The van der Waals surface area contributed by atoms with E-state index in [0.29, 0.717) is 0 Å². The highest BCUT2D eigenvalue weighted by molar-refractivity contribution is 5.52. The lowest BCUT2D eigenvalue weighted by molar-refractivity contribution is 0.992. The normalized spacial score (nSPS) is 19.7. The number of allylic oxidation sites excluding steroid dienone is 6. The van der Waals surface area contributed by atoms with Gasteiger partial charge in [-0.05, 0) is 32.2 Å². The Kier molecular flexibility index (Phi) is 3.26. The van der Waals surface area contributed by atoms with Gasteiger partial charge in [0.1, 0.15) is 5.82 Å². The van der Waals surface area contributed by atoms with Gasteiger partial charge in [0, 0.05) is 11.8 Å². The number of rotatable bonds is 2. The molecular formula is C11H14N2. The SMILES string of the molecule is C=NC1=C(/C=C\C)/C(=C/C)C=CN1. The van der Waals surface area contributed by atoms with E-state index in [1.807, 2.05) is 38.3 Å². The van der Waals surface area contributed by atoms with Gasteiger partial charge in [-0.1, -0.05) is 18.2 Å². The molecule has 1 aliphatic rings. The molecule has 0 aromatic heterocycles. The number of nitrogens with zero attached hydrogens (tertiary/aromatic N) is 1. The van der Waals surface area contributed by atoms with Crippen molar-refractivity contribution in [3.05, 3.63) is 47.5 Å². The molecule has 1 aliphatic heterocycles. The van der Waals surface area contributed by atoms with Crippen LogP contribution in [0.5, 0.6) is 0 Å². The van der Waals surface area contributed by atoms with Crippen molar-refractivity contribution < 1.29 is 0 Å². The van der Waals surface area contributed by atoms with Gasteiger partial charge in [-0.3, -0.25) is 0 Å². The molecular weight excluding hydrogens is 160 g/mol. The van der Waals surface area contributed by atoms with Crippen LogP contribution in [0.1, 0.15) is 13.8 Å². The number of nitrogens with one attached hydrogen (secondary N) is 1. The zero-order chi connectivity index (χ0) is 9.68. The molecule has 0 saturated heterocycles. The second-order valence-electron chi connectivity index (χ2n) is 2.64. The summed E-state index contributed by atoms with van der Waals surface area (Å²) < 4.78 is 0. The van der Waals surface area contributed by atoms with Crippen LogP contribution in [-0.4, -0.2) is 6.72 Å². The Morgan fingerprint density at radius 3 is 2.77 bits per heavy atom. The van der Waals surface area contributed by atoms with Crippen molar-refractivity contribution >= 4 is 6.72 Å². The highest BCUT2D eigenvalue weighted by atomic mass is 15.0. The Hall–Kier alpha value is -1.57. The molecule has 0 atom stereocenters. The lowest BCUT2D eigenvalue weighted by Gasteiger charge is -2.13. The largest absolute Gasteiger partial charge is 0.346 e. The summed E-state index contributed by atoms with van der Waals surface area (Å²) in [4.78, 5) is 3.92. The maximum Gasteiger partial charge on any atom is 0.136 e. The molecule has 0 radical (unpaired) electrons. The molecule has 0 amide bonds. The Morgan fingerprint density at radius 1 is 1.46 bits per heavy atom. The number of dihydropyridines is 1. The lowest BCUT2D eigenvalue weighted by Crippen LogP contribution is -2.10. The van der Waals surface area contributed by atoms with Crippen LogP contribution in [0.4, 0.5) is 0 Å². The highest BCUT2D eigenvalue weighted by Crippen LogP contribution is 2.20. The van der Waals surface area contributed by atoms with Crippen LogP contribution in [0.25, 0.3) is 0 Å². The fraction of sp³-hybridized carbons (Fsp3) is 0.182. The molecule has 1 N–H and O–H groups in total. The van der Waals surface area contributed by atoms with Gasteiger partial charge in [0.25, 0.3) is 0 Å². The molecule has 68 valence electrons. The van der Waals surface area contributed by atoms with Gasteiger partial charge in [-0.25, -0.2) is 4.99 Å². The Labute approximate surface area is 79.1 Å². The van der Waals surface area contributed by atoms with E-state index in [4.69, 9.17) is 0 Å². The van der Waals surface area contributed by atoms with Gasteiger partial charge < -0.3 is 5.32 Å². The third-order valence-corrected chi connectivity index (χ3v) is 1.85. The standard InChI is InChI=1S/C11H14N2/c1-4-6-10-9(5-2)7-8-13-11(10)12-3/h4-8,13H,3H2,1-2H3/b6-4-,9-5+. The van der Waals surface area contributed by atoms with E-state index in [0.717, 1.165) is 11.4 Å². The zero-order valence-corrected chi connectivity index (χ0v) is 8.04. The van der Waals surface area contributed by atoms with Gasteiger partial charge in [0.05, 0.1) is 0 Å². The first-order chi connectivity index (χ1) is 6.33. The van der Waals surface area contributed by atoms with E-state index >= 15 is 0 Å². The topological polar surface area (TPSA) is 24.4 Å². The third-order valence-electron chi connectivity index (χ3n) is 1.85. The predicted octanol–water partition coefficient (Wildman–Crippen LogP) is 2.54. The minimum Gasteiger partial charge on any atom is -0.346 e. The van der Waals surface area contributed by atoms with Crippen LogP contribution in [0.2, 0.25) is 0 Å². The molecule has 2 nitrogen and oxygen atoms in total. The van der Waals surface area contributed by atoms with E-state index in [1.165, 1.54) is 5.57 Å². The molecule has 2 heteroatoms. The van der Waals surface area contributed by atoms with Crippen LogP contribution in [0.3, 0.4) is 0 Å². The molecule has 0 spiro atoms. The van der Waals surface area contributed by atoms with Gasteiger partial charge in [-0.15, -0.1) is 0 Å². The maximum atomic E-state index is 3.92. The fourth-order valence-electron chi connectivity index (χ4n) is 1.24. The molecule has 1 rings (SSSR count). The zero-order valence-electron chi connectivity index (χ0n) is 8.04. The van der Waals surface area contributed by atoms with Crippen molar-refractivity contribution in [2.24, 2.45) is 4.99 Å². The number of aliphatic imine (C=N–C) groups is 1. The van der Waals surface area contributed by atoms with E-state index in [-0.39, 0.29) is 0 Å². The van der Waals surface area contributed by atoms with E-state index in [9.17, 15) is 0 Å². The Balaban J connectivity index is 3.14. The summed E-state index contributed by atoms with van der Waals surface area (Å²) in [6.07, 6.45) is 9.95. The minimum absolute atomic E-state index is 0.814. The summed E-state index contributed by atoms with van der Waals surface area (Å²) in [5, 5.41) is 3.05. The molecule has 0 aromatic rings. The van der Waals surface area contributed by atoms with E-state index in [2.05, 4.69) is 23.1 Å². The second-order valence-corrected chi connectivity index (χ2v) is 2.64. The van der Waals surface area contributed by atoms with Crippen molar-refractivity contribution in [2.75, 3.05) is 0 Å². The van der Waals surface area contributed by atoms with Gasteiger partial charge >= 0.3 is 0 Å². The smallest absolute Gasteiger partial charge is 0.136 e. The van der Waals surface area contributed by atoms with Crippen LogP contribution in [-0.2, 0) is 0 Å². The second kappa shape index (κ2) is 4.45. The first-order valence-electron chi connectivity index (χ1n) is 4.27. The third kappa shape index (κ3) is 1.96. The van der Waals surface area contributed by atoms with E-state index in [1.54, 1.807) is 0 Å². The van der Waals surface area contributed by atoms with Crippen molar-refractivity contribution in [3.63, 3.8) is 0 Å². The molecule has 0 unspecified atom stereocenters. The summed E-state index contributed by atoms with van der Waals surface area (Å²) in [6.45, 7) is 7.51. The number of hydrogen-bond donors (Lipinski definition) is 1. The molecule has 0 saturated carbocycles. The minimum atomic E-state index is 0.814. The summed E-state index contributed by atoms with van der Waals surface area (Å²) in [5.74, 6) is 0.814. The lowest BCUT2D eigenvalue weighted by atomic mass is 10.0. The maximum absolute atomic E-state index is 3.92. The average Bonchev–Trinajstić information content (AvgIpc) is 2.18. The monoisotopic (exact) mass is 174 g/mol.